The first-order valence-corrected chi connectivity index (χ1v) is 6.61. The third-order valence-corrected chi connectivity index (χ3v) is 3.58. The summed E-state index contributed by atoms with van der Waals surface area (Å²) in [6.07, 6.45) is 9.30. The number of aryl methyl sites for hydroxylation is 1. The number of aromatic nitrogens is 5. The Bertz CT molecular complexity index is 526. The molecule has 1 aliphatic carbocycles. The fraction of sp³-hybridized carbons (Fsp3) is 0.667. The molecule has 0 radical (unpaired) electrons. The first-order valence-electron chi connectivity index (χ1n) is 6.61. The highest BCUT2D eigenvalue weighted by Gasteiger charge is 2.15. The first-order chi connectivity index (χ1) is 8.84. The van der Waals surface area contributed by atoms with Crippen molar-refractivity contribution in [3.8, 4) is 0 Å². The highest BCUT2D eigenvalue weighted by Crippen LogP contribution is 2.22. The molecule has 2 heterocycles. The summed E-state index contributed by atoms with van der Waals surface area (Å²) in [6.45, 7) is 0. The zero-order valence-electron chi connectivity index (χ0n) is 10.6. The molecule has 1 aliphatic rings. The topological polar surface area (TPSA) is 68.5 Å². The van der Waals surface area contributed by atoms with Crippen molar-refractivity contribution in [2.24, 2.45) is 7.05 Å². The molecule has 0 amide bonds. The summed E-state index contributed by atoms with van der Waals surface area (Å²) in [5.41, 5.74) is 1.55. The Balaban J connectivity index is 1.85. The van der Waals surface area contributed by atoms with Gasteiger partial charge in [0.1, 0.15) is 6.33 Å². The van der Waals surface area contributed by atoms with Crippen molar-refractivity contribution in [3.63, 3.8) is 0 Å². The summed E-state index contributed by atoms with van der Waals surface area (Å²) in [7, 11) is 1.85. The largest absolute Gasteiger partial charge is 0.365 e. The second kappa shape index (κ2) is 4.88. The van der Waals surface area contributed by atoms with Gasteiger partial charge in [0.25, 0.3) is 0 Å². The van der Waals surface area contributed by atoms with E-state index >= 15 is 0 Å². The van der Waals surface area contributed by atoms with Crippen molar-refractivity contribution in [2.75, 3.05) is 5.32 Å². The number of anilines is 1. The predicted molar refractivity (Wildman–Crippen MR) is 69.2 cm³/mol. The quantitative estimate of drug-likeness (QED) is 0.819. The molecule has 0 spiro atoms. The minimum atomic E-state index is 0.507. The molecule has 0 unspecified atom stereocenters. The Kier molecular flexibility index (Phi) is 3.08. The molecule has 0 aromatic carbocycles. The maximum absolute atomic E-state index is 4.31. The molecule has 1 N–H and O–H groups in total. The van der Waals surface area contributed by atoms with Gasteiger partial charge in [0.2, 0.25) is 0 Å². The summed E-state index contributed by atoms with van der Waals surface area (Å²) in [4.78, 5) is 8.51. The third kappa shape index (κ3) is 2.14. The minimum Gasteiger partial charge on any atom is -0.365 e. The predicted octanol–water partition coefficient (Wildman–Crippen LogP) is 1.89. The molecule has 6 heteroatoms. The monoisotopic (exact) mass is 246 g/mol. The van der Waals surface area contributed by atoms with E-state index in [-0.39, 0.29) is 0 Å². The smallest absolute Gasteiger partial charge is 0.183 e. The summed E-state index contributed by atoms with van der Waals surface area (Å²) >= 11 is 0. The van der Waals surface area contributed by atoms with E-state index in [4.69, 9.17) is 0 Å². The second-order valence-electron chi connectivity index (χ2n) is 4.94. The number of hydrogen-bond acceptors (Lipinski definition) is 5. The molecule has 1 fully saturated rings. The molecule has 0 saturated heterocycles. The van der Waals surface area contributed by atoms with Crippen LogP contribution < -0.4 is 5.32 Å². The van der Waals surface area contributed by atoms with E-state index < -0.39 is 0 Å². The maximum Gasteiger partial charge on any atom is 0.183 e. The number of nitrogens with zero attached hydrogens (tertiary/aromatic N) is 5. The average Bonchev–Trinajstić information content (AvgIpc) is 2.62. The van der Waals surface area contributed by atoms with Crippen LogP contribution in [0.3, 0.4) is 0 Å². The molecule has 3 rings (SSSR count). The molecular weight excluding hydrogens is 228 g/mol. The lowest BCUT2D eigenvalue weighted by molar-refractivity contribution is 0.618. The highest BCUT2D eigenvalue weighted by atomic mass is 15.4. The number of fused-ring (bicyclic) bond motifs is 1. The Morgan fingerprint density at radius 3 is 2.72 bits per heavy atom. The van der Waals surface area contributed by atoms with Gasteiger partial charge in [0.05, 0.1) is 0 Å². The molecule has 1 saturated carbocycles. The third-order valence-electron chi connectivity index (χ3n) is 3.58. The number of nitrogens with one attached hydrogen (secondary N) is 1. The van der Waals surface area contributed by atoms with Crippen LogP contribution in [0.1, 0.15) is 38.5 Å². The lowest BCUT2D eigenvalue weighted by atomic mass is 10.1. The molecule has 2 aromatic heterocycles. The van der Waals surface area contributed by atoms with Gasteiger partial charge < -0.3 is 5.32 Å². The molecule has 0 atom stereocenters. The lowest BCUT2D eigenvalue weighted by Crippen LogP contribution is -2.19. The maximum atomic E-state index is 4.31. The standard InChI is InChI=1S/C12H18N6/c1-18-12-10(16-17-18)11(13-8-14-12)15-9-6-4-2-3-5-7-9/h8-9H,2-7H2,1H3,(H,13,14,15). The van der Waals surface area contributed by atoms with Gasteiger partial charge in [-0.2, -0.15) is 0 Å². The fourth-order valence-corrected chi connectivity index (χ4v) is 2.58. The van der Waals surface area contributed by atoms with Crippen molar-refractivity contribution < 1.29 is 0 Å². The summed E-state index contributed by atoms with van der Waals surface area (Å²) < 4.78 is 1.68. The van der Waals surface area contributed by atoms with Crippen molar-refractivity contribution in [1.29, 1.82) is 0 Å². The van der Waals surface area contributed by atoms with Crippen LogP contribution >= 0.6 is 0 Å². The van der Waals surface area contributed by atoms with Gasteiger partial charge in [-0.15, -0.1) is 5.10 Å². The van der Waals surface area contributed by atoms with Crippen molar-refractivity contribution in [2.45, 2.75) is 44.6 Å². The van der Waals surface area contributed by atoms with E-state index in [1.807, 2.05) is 7.05 Å². The van der Waals surface area contributed by atoms with Gasteiger partial charge in [-0.1, -0.05) is 30.9 Å². The van der Waals surface area contributed by atoms with Crippen LogP contribution in [-0.4, -0.2) is 31.0 Å². The van der Waals surface area contributed by atoms with E-state index in [0.717, 1.165) is 17.0 Å². The second-order valence-corrected chi connectivity index (χ2v) is 4.94. The molecule has 0 aliphatic heterocycles. The fourth-order valence-electron chi connectivity index (χ4n) is 2.58. The van der Waals surface area contributed by atoms with Gasteiger partial charge in [-0.3, -0.25) is 0 Å². The van der Waals surface area contributed by atoms with Gasteiger partial charge in [0.15, 0.2) is 17.0 Å². The molecule has 96 valence electrons. The average molecular weight is 246 g/mol. The Morgan fingerprint density at radius 1 is 1.17 bits per heavy atom. The van der Waals surface area contributed by atoms with Gasteiger partial charge in [0, 0.05) is 13.1 Å². The van der Waals surface area contributed by atoms with E-state index in [1.54, 1.807) is 11.0 Å². The van der Waals surface area contributed by atoms with Crippen LogP contribution in [0.25, 0.3) is 11.2 Å². The SMILES string of the molecule is Cn1nnc2c(NC3CCCCCC3)ncnc21. The number of rotatable bonds is 2. The Morgan fingerprint density at radius 2 is 1.94 bits per heavy atom. The van der Waals surface area contributed by atoms with Gasteiger partial charge in [-0.05, 0) is 12.8 Å². The van der Waals surface area contributed by atoms with Crippen molar-refractivity contribution in [1.82, 2.24) is 25.0 Å². The highest BCUT2D eigenvalue weighted by molar-refractivity contribution is 5.81. The lowest BCUT2D eigenvalue weighted by Gasteiger charge is -2.16. The Hall–Kier alpha value is -1.72. The van der Waals surface area contributed by atoms with Gasteiger partial charge in [-0.25, -0.2) is 14.6 Å². The van der Waals surface area contributed by atoms with E-state index in [9.17, 15) is 0 Å². The zero-order valence-corrected chi connectivity index (χ0v) is 10.6. The molecule has 2 aromatic rings. The van der Waals surface area contributed by atoms with Crippen LogP contribution in [0.5, 0.6) is 0 Å². The molecule has 18 heavy (non-hydrogen) atoms. The molecule has 6 nitrogen and oxygen atoms in total. The van der Waals surface area contributed by atoms with E-state index in [1.165, 1.54) is 38.5 Å². The summed E-state index contributed by atoms with van der Waals surface area (Å²) in [5, 5.41) is 11.6. The Labute approximate surface area is 106 Å². The van der Waals surface area contributed by atoms with Crippen LogP contribution in [-0.2, 0) is 7.05 Å². The van der Waals surface area contributed by atoms with Crippen molar-refractivity contribution in [3.05, 3.63) is 6.33 Å². The molecule has 0 bridgehead atoms. The summed E-state index contributed by atoms with van der Waals surface area (Å²) in [6, 6.07) is 0.507. The van der Waals surface area contributed by atoms with Crippen molar-refractivity contribution >= 4 is 17.0 Å². The minimum absolute atomic E-state index is 0.507. The van der Waals surface area contributed by atoms with Crippen LogP contribution in [0.2, 0.25) is 0 Å². The van der Waals surface area contributed by atoms with Crippen LogP contribution in [0.4, 0.5) is 5.82 Å². The van der Waals surface area contributed by atoms with Gasteiger partial charge >= 0.3 is 0 Å². The first kappa shape index (κ1) is 11.4. The number of hydrogen-bond donors (Lipinski definition) is 1. The van der Waals surface area contributed by atoms with Crippen LogP contribution in [0.15, 0.2) is 6.33 Å². The normalized spacial score (nSPS) is 17.8. The van der Waals surface area contributed by atoms with E-state index in [2.05, 4.69) is 25.6 Å². The van der Waals surface area contributed by atoms with Crippen LogP contribution in [0, 0.1) is 0 Å². The summed E-state index contributed by atoms with van der Waals surface area (Å²) in [5.74, 6) is 0.819. The molecular formula is C12H18N6. The van der Waals surface area contributed by atoms with E-state index in [0.29, 0.717) is 6.04 Å². The zero-order chi connectivity index (χ0) is 12.4.